The smallest absolute Gasteiger partial charge is 0.250 e. The third kappa shape index (κ3) is 4.25. The fourth-order valence-corrected chi connectivity index (χ4v) is 4.13. The highest BCUT2D eigenvalue weighted by Gasteiger charge is 2.19. The minimum atomic E-state index is -0.224. The predicted molar refractivity (Wildman–Crippen MR) is 127 cm³/mol. The van der Waals surface area contributed by atoms with Crippen molar-refractivity contribution >= 4 is 38.9 Å². The summed E-state index contributed by atoms with van der Waals surface area (Å²) in [5.41, 5.74) is 6.69. The molecule has 2 aromatic heterocycles. The monoisotopic (exact) mass is 432 g/mol. The van der Waals surface area contributed by atoms with Crippen molar-refractivity contribution in [1.82, 2.24) is 4.98 Å². The number of aromatic nitrogens is 1. The number of carbonyl (C=O) groups is 1. The third-order valence-corrected chi connectivity index (χ3v) is 5.82. The van der Waals surface area contributed by atoms with Gasteiger partial charge in [-0.2, -0.15) is 0 Å². The molecule has 0 aliphatic carbocycles. The van der Waals surface area contributed by atoms with E-state index in [1.807, 2.05) is 26.2 Å². The molecule has 4 aromatic rings. The van der Waals surface area contributed by atoms with E-state index in [4.69, 9.17) is 9.15 Å². The minimum Gasteiger partial charge on any atom is -0.493 e. The maximum Gasteiger partial charge on any atom is 0.250 e. The topological polar surface area (TPSA) is 64.4 Å². The van der Waals surface area contributed by atoms with Crippen molar-refractivity contribution in [3.8, 4) is 16.9 Å². The largest absolute Gasteiger partial charge is 0.493 e. The van der Waals surface area contributed by atoms with Crippen LogP contribution < -0.4 is 10.1 Å². The maximum atomic E-state index is 12.5. The first-order valence-electron chi connectivity index (χ1n) is 10.1. The first-order chi connectivity index (χ1) is 15.0. The second-order valence-electron chi connectivity index (χ2n) is 7.36. The summed E-state index contributed by atoms with van der Waals surface area (Å²) in [6.07, 6.45) is 5.03. The summed E-state index contributed by atoms with van der Waals surface area (Å²) in [6, 6.07) is 10.4. The summed E-state index contributed by atoms with van der Waals surface area (Å²) in [5.74, 6) is 0.509. The number of fused-ring (bicyclic) bond motifs is 1. The molecule has 0 saturated heterocycles. The second-order valence-corrected chi connectivity index (χ2v) is 8.25. The van der Waals surface area contributed by atoms with E-state index in [2.05, 4.69) is 47.6 Å². The van der Waals surface area contributed by atoms with Gasteiger partial charge in [-0.1, -0.05) is 29.8 Å². The average molecular weight is 433 g/mol. The molecule has 0 fully saturated rings. The molecule has 0 unspecified atom stereocenters. The van der Waals surface area contributed by atoms with Crippen LogP contribution in [0.3, 0.4) is 0 Å². The molecule has 0 saturated carbocycles. The number of aryl methyl sites for hydroxylation is 2. The average Bonchev–Trinajstić information content (AvgIpc) is 3.40. The van der Waals surface area contributed by atoms with Crippen molar-refractivity contribution in [2.45, 2.75) is 27.7 Å². The van der Waals surface area contributed by atoms with Crippen LogP contribution in [0.2, 0.25) is 0 Å². The minimum absolute atomic E-state index is 0.224. The van der Waals surface area contributed by atoms with Gasteiger partial charge in [0.15, 0.2) is 5.13 Å². The van der Waals surface area contributed by atoms with Crippen molar-refractivity contribution in [1.29, 1.82) is 0 Å². The molecule has 31 heavy (non-hydrogen) atoms. The summed E-state index contributed by atoms with van der Waals surface area (Å²) >= 11 is 1.38. The summed E-state index contributed by atoms with van der Waals surface area (Å²) in [4.78, 5) is 16.6. The lowest BCUT2D eigenvalue weighted by molar-refractivity contribution is -0.111. The molecule has 0 aliphatic heterocycles. The van der Waals surface area contributed by atoms with E-state index in [-0.39, 0.29) is 5.91 Å². The van der Waals surface area contributed by atoms with Crippen LogP contribution in [0, 0.1) is 13.8 Å². The normalized spacial score (nSPS) is 11.7. The van der Waals surface area contributed by atoms with Crippen molar-refractivity contribution < 1.29 is 13.9 Å². The highest BCUT2D eigenvalue weighted by atomic mass is 32.1. The van der Waals surface area contributed by atoms with Crippen LogP contribution in [-0.2, 0) is 4.79 Å². The number of rotatable bonds is 6. The lowest BCUT2D eigenvalue weighted by Crippen LogP contribution is -2.08. The molecule has 1 amide bonds. The van der Waals surface area contributed by atoms with E-state index in [1.54, 1.807) is 18.5 Å². The van der Waals surface area contributed by atoms with E-state index in [1.165, 1.54) is 16.9 Å². The molecule has 2 aromatic carbocycles. The number of carbonyl (C=O) groups excluding carboxylic acids is 1. The Hall–Kier alpha value is -3.38. The molecule has 0 atom stereocenters. The quantitative estimate of drug-likeness (QED) is 0.348. The number of anilines is 1. The van der Waals surface area contributed by atoms with Gasteiger partial charge in [0.2, 0.25) is 5.91 Å². The number of ether oxygens (including phenoxy) is 1. The SMILES string of the molecule is CCOc1c(/C(C)=C/C(=O)Nc2nccs2)cc2c(-c3ccc(C)cc3)coc2c1C. The highest BCUT2D eigenvalue weighted by molar-refractivity contribution is 7.13. The standard InChI is InChI=1S/C25H24N2O3S/c1-5-29-23-17(4)24-20(21(14-30-24)18-8-6-15(2)7-9-18)13-19(23)16(3)12-22(28)27-25-26-10-11-31-25/h6-14H,5H2,1-4H3,(H,26,27,28)/b16-12+. The molecule has 0 bridgehead atoms. The first-order valence-corrected chi connectivity index (χ1v) is 11.0. The van der Waals surface area contributed by atoms with Gasteiger partial charge in [0.25, 0.3) is 0 Å². The van der Waals surface area contributed by atoms with Gasteiger partial charge in [-0.05, 0) is 44.9 Å². The van der Waals surface area contributed by atoms with Crippen molar-refractivity contribution in [2.24, 2.45) is 0 Å². The number of nitrogens with zero attached hydrogens (tertiary/aromatic N) is 1. The zero-order valence-electron chi connectivity index (χ0n) is 18.0. The van der Waals surface area contributed by atoms with Gasteiger partial charge in [-0.25, -0.2) is 4.98 Å². The van der Waals surface area contributed by atoms with Crippen LogP contribution in [-0.4, -0.2) is 17.5 Å². The van der Waals surface area contributed by atoms with Crippen molar-refractivity contribution in [2.75, 3.05) is 11.9 Å². The van der Waals surface area contributed by atoms with Crippen molar-refractivity contribution in [3.63, 3.8) is 0 Å². The molecular formula is C25H24N2O3S. The Bertz CT molecular complexity index is 1250. The molecule has 0 spiro atoms. The molecular weight excluding hydrogens is 408 g/mol. The zero-order valence-corrected chi connectivity index (χ0v) is 18.8. The molecule has 2 heterocycles. The lowest BCUT2D eigenvalue weighted by Gasteiger charge is -2.15. The van der Waals surface area contributed by atoms with Gasteiger partial charge >= 0.3 is 0 Å². The number of furan rings is 1. The van der Waals surface area contributed by atoms with Crippen LogP contribution in [0.15, 0.2) is 58.7 Å². The molecule has 6 heteroatoms. The maximum absolute atomic E-state index is 12.5. The Balaban J connectivity index is 1.81. The number of benzene rings is 2. The van der Waals surface area contributed by atoms with Gasteiger partial charge in [-0.3, -0.25) is 10.1 Å². The summed E-state index contributed by atoms with van der Waals surface area (Å²) < 4.78 is 11.9. The highest BCUT2D eigenvalue weighted by Crippen LogP contribution is 2.40. The van der Waals surface area contributed by atoms with Crippen LogP contribution >= 0.6 is 11.3 Å². The number of hydrogen-bond donors (Lipinski definition) is 1. The van der Waals surface area contributed by atoms with Crippen LogP contribution in [0.4, 0.5) is 5.13 Å². The summed E-state index contributed by atoms with van der Waals surface area (Å²) in [5, 5.41) is 6.18. The molecule has 0 aliphatic rings. The Morgan fingerprint density at radius 1 is 1.26 bits per heavy atom. The van der Waals surface area contributed by atoms with Crippen molar-refractivity contribution in [3.05, 3.63) is 70.9 Å². The van der Waals surface area contributed by atoms with Gasteiger partial charge < -0.3 is 9.15 Å². The first kappa shape index (κ1) is 20.9. The predicted octanol–water partition coefficient (Wildman–Crippen LogP) is 6.61. The number of hydrogen-bond acceptors (Lipinski definition) is 5. The number of thiazole rings is 1. The molecule has 0 radical (unpaired) electrons. The molecule has 1 N–H and O–H groups in total. The van der Waals surface area contributed by atoms with Gasteiger partial charge in [-0.15, -0.1) is 11.3 Å². The lowest BCUT2D eigenvalue weighted by atomic mass is 9.96. The zero-order chi connectivity index (χ0) is 22.0. The van der Waals surface area contributed by atoms with E-state index < -0.39 is 0 Å². The Morgan fingerprint density at radius 2 is 2.03 bits per heavy atom. The summed E-state index contributed by atoms with van der Waals surface area (Å²) in [6.45, 7) is 8.43. The van der Waals surface area contributed by atoms with E-state index >= 15 is 0 Å². The Morgan fingerprint density at radius 3 is 2.71 bits per heavy atom. The van der Waals surface area contributed by atoms with Gasteiger partial charge in [0, 0.05) is 39.7 Å². The van der Waals surface area contributed by atoms with Crippen LogP contribution in [0.5, 0.6) is 5.75 Å². The Labute approximate surface area is 185 Å². The van der Waals surface area contributed by atoms with Gasteiger partial charge in [0.05, 0.1) is 12.9 Å². The van der Waals surface area contributed by atoms with E-state index in [0.29, 0.717) is 11.7 Å². The third-order valence-electron chi connectivity index (χ3n) is 5.13. The second kappa shape index (κ2) is 8.78. The number of allylic oxidation sites excluding steroid dienone is 1. The molecule has 158 valence electrons. The fourth-order valence-electron chi connectivity index (χ4n) is 3.60. The van der Waals surface area contributed by atoms with Gasteiger partial charge in [0.1, 0.15) is 11.3 Å². The van der Waals surface area contributed by atoms with Crippen LogP contribution in [0.25, 0.3) is 27.7 Å². The Kier molecular flexibility index (Phi) is 5.91. The summed E-state index contributed by atoms with van der Waals surface area (Å²) in [7, 11) is 0. The number of amides is 1. The molecule has 5 nitrogen and oxygen atoms in total. The molecule has 4 rings (SSSR count). The fraction of sp³-hybridized carbons (Fsp3) is 0.200. The number of nitrogens with one attached hydrogen (secondary N) is 1. The van der Waals surface area contributed by atoms with E-state index in [0.717, 1.165) is 44.5 Å². The van der Waals surface area contributed by atoms with Crippen LogP contribution in [0.1, 0.15) is 30.5 Å². The van der Waals surface area contributed by atoms with E-state index in [9.17, 15) is 4.79 Å².